The summed E-state index contributed by atoms with van der Waals surface area (Å²) in [6.45, 7) is 3.79. The maximum atomic E-state index is 13.9. The Hall–Kier alpha value is -6.05. The average molecular weight is 651 g/mol. The van der Waals surface area contributed by atoms with Crippen LogP contribution in [0, 0.1) is 6.92 Å². The molecule has 2 aromatic heterocycles. The number of hydrogen-bond donors (Lipinski definition) is 2. The maximum absolute atomic E-state index is 13.9. The standard InChI is InChI=1S/C34H34N8O6/c1-21-32-38-30(23-8-5-4-6-9-23)39-42(32)16-17-47-28-19-25(12-13-27(28)46-3)33(44)35-14-15-41(20-29(43)36-21)34(45)26-11-7-10-24(18-26)31-37-22(2)48-40-31/h4-13,18-19,21H,14-17,20H2,1-3H3,(H,35,44)(H,36,43)/t21-/m1/s1. The first-order valence-corrected chi connectivity index (χ1v) is 15.4. The topological polar surface area (TPSA) is 167 Å². The molecule has 0 spiro atoms. The number of carbonyl (C=O) groups excluding carboxylic acids is 3. The number of methoxy groups -OCH3 is 1. The number of aromatic nitrogens is 5. The van der Waals surface area contributed by atoms with Crippen LogP contribution in [0.3, 0.4) is 0 Å². The van der Waals surface area contributed by atoms with Gasteiger partial charge in [0.25, 0.3) is 11.8 Å². The van der Waals surface area contributed by atoms with Gasteiger partial charge in [0.2, 0.25) is 17.6 Å². The predicted octanol–water partition coefficient (Wildman–Crippen LogP) is 3.45. The Morgan fingerprint density at radius 2 is 1.75 bits per heavy atom. The molecule has 0 unspecified atom stereocenters. The minimum atomic E-state index is -0.572. The van der Waals surface area contributed by atoms with Crippen LogP contribution in [0.1, 0.15) is 45.4 Å². The first-order chi connectivity index (χ1) is 23.3. The monoisotopic (exact) mass is 650 g/mol. The summed E-state index contributed by atoms with van der Waals surface area (Å²) in [4.78, 5) is 50.9. The number of carbonyl (C=O) groups is 3. The lowest BCUT2D eigenvalue weighted by Gasteiger charge is -2.24. The van der Waals surface area contributed by atoms with E-state index in [9.17, 15) is 14.4 Å². The molecular weight excluding hydrogens is 616 g/mol. The fourth-order valence-corrected chi connectivity index (χ4v) is 5.30. The van der Waals surface area contributed by atoms with E-state index >= 15 is 0 Å². The summed E-state index contributed by atoms with van der Waals surface area (Å²) in [5.41, 5.74) is 2.06. The van der Waals surface area contributed by atoms with Gasteiger partial charge in [0, 0.05) is 42.3 Å². The van der Waals surface area contributed by atoms with E-state index in [4.69, 9.17) is 24.1 Å². The Morgan fingerprint density at radius 1 is 0.938 bits per heavy atom. The summed E-state index contributed by atoms with van der Waals surface area (Å²) < 4.78 is 18.3. The molecule has 0 fully saturated rings. The normalized spacial score (nSPS) is 15.8. The molecule has 3 aromatic carbocycles. The van der Waals surface area contributed by atoms with Gasteiger partial charge in [0.15, 0.2) is 17.3 Å². The summed E-state index contributed by atoms with van der Waals surface area (Å²) in [5.74, 6) is 1.37. The third-order valence-corrected chi connectivity index (χ3v) is 7.67. The molecule has 1 aliphatic rings. The van der Waals surface area contributed by atoms with Gasteiger partial charge in [-0.05, 0) is 37.3 Å². The SMILES string of the molecule is COc1ccc2cc1OCCn1nc(-c3ccccc3)nc1[C@@H](C)NC(=O)CN(C(=O)c1cccc(-c3noc(C)n3)c1)CCNC2=O. The Balaban J connectivity index is 1.32. The Labute approximate surface area is 276 Å². The third-order valence-electron chi connectivity index (χ3n) is 7.67. The lowest BCUT2D eigenvalue weighted by Crippen LogP contribution is -2.45. The molecular formula is C34H34N8O6. The molecule has 0 saturated heterocycles. The van der Waals surface area contributed by atoms with E-state index in [0.29, 0.717) is 51.6 Å². The average Bonchev–Trinajstić information content (AvgIpc) is 3.74. The molecule has 3 heterocycles. The molecule has 48 heavy (non-hydrogen) atoms. The summed E-state index contributed by atoms with van der Waals surface area (Å²) >= 11 is 0. The van der Waals surface area contributed by atoms with Crippen LogP contribution in [-0.2, 0) is 11.3 Å². The zero-order chi connectivity index (χ0) is 33.6. The van der Waals surface area contributed by atoms with Gasteiger partial charge in [-0.15, -0.1) is 0 Å². The predicted molar refractivity (Wildman–Crippen MR) is 173 cm³/mol. The lowest BCUT2D eigenvalue weighted by molar-refractivity contribution is -0.122. The van der Waals surface area contributed by atoms with Gasteiger partial charge >= 0.3 is 0 Å². The second-order valence-corrected chi connectivity index (χ2v) is 11.1. The minimum absolute atomic E-state index is 0.0474. The largest absolute Gasteiger partial charge is 0.493 e. The maximum Gasteiger partial charge on any atom is 0.254 e. The Morgan fingerprint density at radius 3 is 2.52 bits per heavy atom. The minimum Gasteiger partial charge on any atom is -0.493 e. The van der Waals surface area contributed by atoms with Crippen molar-refractivity contribution in [2.24, 2.45) is 0 Å². The van der Waals surface area contributed by atoms with Gasteiger partial charge in [-0.2, -0.15) is 10.1 Å². The molecule has 0 saturated carbocycles. The Bertz CT molecular complexity index is 1940. The van der Waals surface area contributed by atoms with Crippen LogP contribution in [0.2, 0.25) is 0 Å². The van der Waals surface area contributed by atoms with Crippen molar-refractivity contribution in [1.82, 2.24) is 40.4 Å². The second-order valence-electron chi connectivity index (χ2n) is 11.1. The number of nitrogens with one attached hydrogen (secondary N) is 2. The van der Waals surface area contributed by atoms with Crippen molar-refractivity contribution in [3.63, 3.8) is 0 Å². The molecule has 14 heteroatoms. The van der Waals surface area contributed by atoms with Crippen LogP contribution in [0.5, 0.6) is 11.5 Å². The molecule has 2 bridgehead atoms. The van der Waals surface area contributed by atoms with Crippen LogP contribution in [0.4, 0.5) is 0 Å². The quantitative estimate of drug-likeness (QED) is 0.294. The van der Waals surface area contributed by atoms with Crippen molar-refractivity contribution < 1.29 is 28.4 Å². The van der Waals surface area contributed by atoms with Gasteiger partial charge in [-0.3, -0.25) is 14.4 Å². The number of aryl methyl sites for hydroxylation is 1. The van der Waals surface area contributed by atoms with Gasteiger partial charge in [0.1, 0.15) is 12.4 Å². The highest BCUT2D eigenvalue weighted by molar-refractivity contribution is 5.98. The molecule has 5 aromatic rings. The number of amides is 3. The van der Waals surface area contributed by atoms with Crippen molar-refractivity contribution in [3.05, 3.63) is 95.6 Å². The van der Waals surface area contributed by atoms with E-state index < -0.39 is 17.9 Å². The highest BCUT2D eigenvalue weighted by Gasteiger charge is 2.24. The van der Waals surface area contributed by atoms with Crippen molar-refractivity contribution >= 4 is 17.7 Å². The van der Waals surface area contributed by atoms with E-state index in [0.717, 1.165) is 5.56 Å². The van der Waals surface area contributed by atoms with E-state index in [-0.39, 0.29) is 38.7 Å². The van der Waals surface area contributed by atoms with Crippen LogP contribution in [0.25, 0.3) is 22.8 Å². The van der Waals surface area contributed by atoms with Crippen molar-refractivity contribution in [1.29, 1.82) is 0 Å². The number of ether oxygens (including phenoxy) is 2. The summed E-state index contributed by atoms with van der Waals surface area (Å²) in [5, 5.41) is 14.5. The van der Waals surface area contributed by atoms with E-state index in [1.54, 1.807) is 61.0 Å². The fraction of sp³-hybridized carbons (Fsp3) is 0.265. The van der Waals surface area contributed by atoms with Crippen LogP contribution in [0.15, 0.2) is 77.3 Å². The molecule has 14 nitrogen and oxygen atoms in total. The van der Waals surface area contributed by atoms with Crippen molar-refractivity contribution in [2.45, 2.75) is 26.4 Å². The molecule has 0 aliphatic carbocycles. The highest BCUT2D eigenvalue weighted by atomic mass is 16.5. The molecule has 0 radical (unpaired) electrons. The number of nitrogens with zero attached hydrogens (tertiary/aromatic N) is 6. The van der Waals surface area contributed by atoms with E-state index in [1.807, 2.05) is 30.3 Å². The van der Waals surface area contributed by atoms with Gasteiger partial charge in [-0.1, -0.05) is 47.6 Å². The van der Waals surface area contributed by atoms with Gasteiger partial charge in [0.05, 0.1) is 26.2 Å². The molecule has 1 atom stereocenters. The molecule has 3 amide bonds. The highest BCUT2D eigenvalue weighted by Crippen LogP contribution is 2.28. The Kier molecular flexibility index (Phi) is 9.41. The second kappa shape index (κ2) is 14.2. The third kappa shape index (κ3) is 7.17. The number of hydrogen-bond acceptors (Lipinski definition) is 10. The summed E-state index contributed by atoms with van der Waals surface area (Å²) in [6, 6.07) is 20.6. The summed E-state index contributed by atoms with van der Waals surface area (Å²) in [6.07, 6.45) is 0. The fourth-order valence-electron chi connectivity index (χ4n) is 5.30. The van der Waals surface area contributed by atoms with Crippen molar-refractivity contribution in [3.8, 4) is 34.3 Å². The zero-order valence-corrected chi connectivity index (χ0v) is 26.7. The van der Waals surface area contributed by atoms with Gasteiger partial charge in [-0.25, -0.2) is 9.67 Å². The molecule has 2 N–H and O–H groups in total. The van der Waals surface area contributed by atoms with E-state index in [1.165, 1.54) is 12.0 Å². The first-order valence-electron chi connectivity index (χ1n) is 15.4. The van der Waals surface area contributed by atoms with Crippen LogP contribution >= 0.6 is 0 Å². The van der Waals surface area contributed by atoms with Crippen LogP contribution in [-0.4, -0.2) is 80.9 Å². The van der Waals surface area contributed by atoms with E-state index in [2.05, 4.69) is 20.8 Å². The molecule has 6 rings (SSSR count). The molecule has 246 valence electrons. The summed E-state index contributed by atoms with van der Waals surface area (Å²) in [7, 11) is 1.52. The van der Waals surface area contributed by atoms with Gasteiger partial charge < -0.3 is 29.5 Å². The number of rotatable bonds is 4. The number of benzene rings is 3. The zero-order valence-electron chi connectivity index (χ0n) is 26.7. The first kappa shape index (κ1) is 31.9. The number of fused-ring (bicyclic) bond motifs is 3. The molecule has 1 aliphatic heterocycles. The van der Waals surface area contributed by atoms with Crippen molar-refractivity contribution in [2.75, 3.05) is 33.4 Å². The smallest absolute Gasteiger partial charge is 0.254 e. The van der Waals surface area contributed by atoms with Crippen LogP contribution < -0.4 is 20.1 Å². The lowest BCUT2D eigenvalue weighted by atomic mass is 10.1.